The van der Waals surface area contributed by atoms with Crippen molar-refractivity contribution < 1.29 is 14.1 Å². The van der Waals surface area contributed by atoms with Gasteiger partial charge in [-0.3, -0.25) is 10.1 Å². The summed E-state index contributed by atoms with van der Waals surface area (Å²) in [4.78, 5) is 17.8. The van der Waals surface area contributed by atoms with E-state index in [9.17, 15) is 14.5 Å². The van der Waals surface area contributed by atoms with Gasteiger partial charge in [0.15, 0.2) is 0 Å². The molecule has 0 aliphatic carbocycles. The van der Waals surface area contributed by atoms with Crippen LogP contribution in [0.15, 0.2) is 22.9 Å². The van der Waals surface area contributed by atoms with E-state index in [0.717, 1.165) is 18.5 Å². The van der Waals surface area contributed by atoms with Crippen molar-refractivity contribution in [1.82, 2.24) is 9.97 Å². The van der Waals surface area contributed by atoms with E-state index in [4.69, 9.17) is 16.3 Å². The van der Waals surface area contributed by atoms with Crippen molar-refractivity contribution in [1.29, 1.82) is 0 Å². The second-order valence-corrected chi connectivity index (χ2v) is 4.90. The minimum atomic E-state index is -0.691. The molecule has 0 fully saturated rings. The van der Waals surface area contributed by atoms with Crippen LogP contribution in [0.1, 0.15) is 5.56 Å². The largest absolute Gasteiger partial charge is 0.431 e. The summed E-state index contributed by atoms with van der Waals surface area (Å²) in [6.07, 6.45) is 1.14. The second-order valence-electron chi connectivity index (χ2n) is 3.69. The molecule has 2 rings (SSSR count). The number of hydrogen-bond donors (Lipinski definition) is 0. The van der Waals surface area contributed by atoms with Gasteiger partial charge in [0, 0.05) is 17.7 Å². The van der Waals surface area contributed by atoms with Gasteiger partial charge >= 0.3 is 5.69 Å². The van der Waals surface area contributed by atoms with Crippen molar-refractivity contribution in [3.8, 4) is 11.6 Å². The predicted molar refractivity (Wildman–Crippen MR) is 72.6 cm³/mol. The molecule has 0 aliphatic heterocycles. The molecular weight excluding hydrogens is 356 g/mol. The zero-order valence-electron chi connectivity index (χ0n) is 9.93. The first-order valence-corrected chi connectivity index (χ1v) is 6.35. The van der Waals surface area contributed by atoms with Gasteiger partial charge in [-0.2, -0.15) is 0 Å². The van der Waals surface area contributed by atoms with E-state index in [1.807, 2.05) is 0 Å². The van der Waals surface area contributed by atoms with Crippen LogP contribution in [-0.4, -0.2) is 14.9 Å². The van der Waals surface area contributed by atoms with E-state index >= 15 is 0 Å². The summed E-state index contributed by atoms with van der Waals surface area (Å²) in [7, 11) is 0. The van der Waals surface area contributed by atoms with Gasteiger partial charge in [0.25, 0.3) is 0 Å². The number of benzene rings is 1. The molecule has 9 heteroatoms. The zero-order valence-corrected chi connectivity index (χ0v) is 12.3. The number of nitro benzene ring substituents is 1. The Labute approximate surface area is 125 Å². The molecule has 0 amide bonds. The van der Waals surface area contributed by atoms with E-state index in [0.29, 0.717) is 5.56 Å². The number of ether oxygens (including phenoxy) is 1. The van der Waals surface area contributed by atoms with Gasteiger partial charge < -0.3 is 4.74 Å². The van der Waals surface area contributed by atoms with Crippen molar-refractivity contribution in [3.63, 3.8) is 0 Å². The normalized spacial score (nSPS) is 10.4. The summed E-state index contributed by atoms with van der Waals surface area (Å²) in [6, 6.07) is 1.92. The highest BCUT2D eigenvalue weighted by molar-refractivity contribution is 9.10. The molecule has 6 nitrogen and oxygen atoms in total. The molecule has 0 radical (unpaired) electrons. The fourth-order valence-corrected chi connectivity index (χ4v) is 1.82. The summed E-state index contributed by atoms with van der Waals surface area (Å²) in [6.45, 7) is 1.58. The Bertz CT molecular complexity index is 699. The molecule has 0 unspecified atom stereocenters. The summed E-state index contributed by atoms with van der Waals surface area (Å²) in [5, 5.41) is 11.1. The van der Waals surface area contributed by atoms with Crippen LogP contribution in [-0.2, 0) is 0 Å². The number of nitrogens with zero attached hydrogens (tertiary/aromatic N) is 3. The monoisotopic (exact) mass is 361 g/mol. The number of nitro groups is 1. The Hall–Kier alpha value is -1.80. The molecule has 1 heterocycles. The Morgan fingerprint density at radius 3 is 2.80 bits per heavy atom. The number of aromatic nitrogens is 2. The first-order valence-electron chi connectivity index (χ1n) is 5.18. The average Bonchev–Trinajstić information content (AvgIpc) is 2.38. The van der Waals surface area contributed by atoms with Crippen molar-refractivity contribution in [2.75, 3.05) is 0 Å². The number of rotatable bonds is 3. The van der Waals surface area contributed by atoms with E-state index in [1.54, 1.807) is 6.92 Å². The van der Waals surface area contributed by atoms with Crippen LogP contribution < -0.4 is 4.74 Å². The van der Waals surface area contributed by atoms with Crippen LogP contribution in [0.25, 0.3) is 0 Å². The summed E-state index contributed by atoms with van der Waals surface area (Å²) >= 11 is 8.67. The Balaban J connectivity index is 2.50. The third kappa shape index (κ3) is 2.86. The molecule has 0 atom stereocenters. The van der Waals surface area contributed by atoms with Crippen LogP contribution >= 0.6 is 27.5 Å². The maximum atomic E-state index is 13.5. The lowest BCUT2D eigenvalue weighted by Crippen LogP contribution is -1.98. The van der Waals surface area contributed by atoms with Crippen LogP contribution in [0.3, 0.4) is 0 Å². The Morgan fingerprint density at radius 2 is 2.15 bits per heavy atom. The summed E-state index contributed by atoms with van der Waals surface area (Å²) in [5.74, 6) is -0.938. The first-order chi connectivity index (χ1) is 9.40. The van der Waals surface area contributed by atoms with Crippen molar-refractivity contribution in [2.24, 2.45) is 0 Å². The van der Waals surface area contributed by atoms with E-state index in [-0.39, 0.29) is 21.3 Å². The third-order valence-corrected chi connectivity index (χ3v) is 3.37. The highest BCUT2D eigenvalue weighted by Crippen LogP contribution is 2.36. The van der Waals surface area contributed by atoms with E-state index in [2.05, 4.69) is 25.9 Å². The summed E-state index contributed by atoms with van der Waals surface area (Å²) in [5.41, 5.74) is -0.000740. The van der Waals surface area contributed by atoms with Crippen LogP contribution in [0, 0.1) is 22.9 Å². The minimum Gasteiger partial charge on any atom is -0.431 e. The lowest BCUT2D eigenvalue weighted by molar-refractivity contribution is -0.385. The van der Waals surface area contributed by atoms with Gasteiger partial charge in [0.05, 0.1) is 9.40 Å². The molecule has 0 saturated heterocycles. The van der Waals surface area contributed by atoms with Crippen LogP contribution in [0.5, 0.6) is 11.6 Å². The van der Waals surface area contributed by atoms with Crippen LogP contribution in [0.4, 0.5) is 10.1 Å². The number of halogens is 3. The van der Waals surface area contributed by atoms with E-state index < -0.39 is 16.4 Å². The summed E-state index contributed by atoms with van der Waals surface area (Å²) < 4.78 is 18.7. The average molecular weight is 363 g/mol. The quantitative estimate of drug-likeness (QED) is 0.468. The smallest absolute Gasteiger partial charge is 0.312 e. The maximum absolute atomic E-state index is 13.5. The SMILES string of the molecule is Cc1c(Cl)ncnc1Oc1cc(F)c(Br)cc1[N+](=O)[O-]. The Kier molecular flexibility index (Phi) is 4.15. The molecule has 104 valence electrons. The highest BCUT2D eigenvalue weighted by Gasteiger charge is 2.21. The molecule has 0 bridgehead atoms. The predicted octanol–water partition coefficient (Wildman–Crippen LogP) is 4.04. The molecule has 0 spiro atoms. The van der Waals surface area contributed by atoms with E-state index in [1.165, 1.54) is 0 Å². The van der Waals surface area contributed by atoms with Gasteiger partial charge in [-0.05, 0) is 22.9 Å². The van der Waals surface area contributed by atoms with Crippen molar-refractivity contribution in [2.45, 2.75) is 6.92 Å². The molecule has 20 heavy (non-hydrogen) atoms. The molecule has 1 aromatic heterocycles. The fraction of sp³-hybridized carbons (Fsp3) is 0.0909. The maximum Gasteiger partial charge on any atom is 0.312 e. The third-order valence-electron chi connectivity index (χ3n) is 2.38. The van der Waals surface area contributed by atoms with Crippen molar-refractivity contribution >= 4 is 33.2 Å². The van der Waals surface area contributed by atoms with Gasteiger partial charge in [0.2, 0.25) is 11.6 Å². The molecule has 0 N–H and O–H groups in total. The lowest BCUT2D eigenvalue weighted by Gasteiger charge is -2.08. The number of hydrogen-bond acceptors (Lipinski definition) is 5. The van der Waals surface area contributed by atoms with Gasteiger partial charge in [-0.25, -0.2) is 14.4 Å². The topological polar surface area (TPSA) is 78.2 Å². The Morgan fingerprint density at radius 1 is 1.45 bits per heavy atom. The first kappa shape index (κ1) is 14.6. The van der Waals surface area contributed by atoms with Gasteiger partial charge in [0.1, 0.15) is 17.3 Å². The molecular formula is C11H6BrClFN3O3. The molecule has 2 aromatic rings. The molecule has 0 saturated carbocycles. The molecule has 0 aliphatic rings. The minimum absolute atomic E-state index is 0.0230. The van der Waals surface area contributed by atoms with Crippen LogP contribution in [0.2, 0.25) is 5.15 Å². The fourth-order valence-electron chi connectivity index (χ4n) is 1.36. The standard InChI is InChI=1S/C11H6BrClFN3O3/c1-5-10(13)15-4-16-11(5)20-9-3-7(14)6(12)2-8(9)17(18)19/h2-4H,1H3. The lowest BCUT2D eigenvalue weighted by atomic mass is 10.3. The van der Waals surface area contributed by atoms with Gasteiger partial charge in [-0.1, -0.05) is 11.6 Å². The highest BCUT2D eigenvalue weighted by atomic mass is 79.9. The van der Waals surface area contributed by atoms with Gasteiger partial charge in [-0.15, -0.1) is 0 Å². The molecule has 1 aromatic carbocycles. The zero-order chi connectivity index (χ0) is 14.9. The second kappa shape index (κ2) is 5.68. The van der Waals surface area contributed by atoms with Crippen molar-refractivity contribution in [3.05, 3.63) is 49.6 Å².